The number of sulfonamides is 1. The minimum atomic E-state index is -3.96. The van der Waals surface area contributed by atoms with Gasteiger partial charge >= 0.3 is 0 Å². The number of nitrogens with zero attached hydrogens (tertiary/aromatic N) is 4. The first kappa shape index (κ1) is 15.5. The normalized spacial score (nSPS) is 10.5. The molecule has 0 aliphatic heterocycles. The topological polar surface area (TPSA) is 124 Å². The summed E-state index contributed by atoms with van der Waals surface area (Å²) >= 11 is 0. The largest absolute Gasteiger partial charge is 0.381 e. The maximum absolute atomic E-state index is 11.5. The zero-order valence-corrected chi connectivity index (χ0v) is 12.1. The van der Waals surface area contributed by atoms with Crippen molar-refractivity contribution in [2.75, 3.05) is 5.32 Å². The van der Waals surface area contributed by atoms with E-state index in [1.54, 1.807) is 36.4 Å². The molecular formula is C13H11N5O3S. The van der Waals surface area contributed by atoms with Crippen molar-refractivity contribution in [1.82, 2.24) is 0 Å². The second kappa shape index (κ2) is 6.70. The van der Waals surface area contributed by atoms with Gasteiger partial charge in [0.2, 0.25) is 0 Å². The summed E-state index contributed by atoms with van der Waals surface area (Å²) in [5.74, 6) is 0. The number of hydrogen-bond donors (Lipinski definition) is 1. The summed E-state index contributed by atoms with van der Waals surface area (Å²) in [5, 5.41) is 5.93. The lowest BCUT2D eigenvalue weighted by molar-refractivity contribution is 0.597. The van der Waals surface area contributed by atoms with Gasteiger partial charge in [0, 0.05) is 21.7 Å². The number of azide groups is 1. The molecule has 2 aromatic rings. The number of rotatable bonds is 6. The lowest BCUT2D eigenvalue weighted by atomic mass is 10.2. The number of nitrogens with one attached hydrogen (secondary N) is 1. The molecule has 0 bridgehead atoms. The summed E-state index contributed by atoms with van der Waals surface area (Å²) in [6.07, 6.45) is 0. The van der Waals surface area contributed by atoms with Gasteiger partial charge in [-0.3, -0.25) is 0 Å². The molecule has 0 atom stereocenters. The molecular weight excluding hydrogens is 306 g/mol. The first-order chi connectivity index (χ1) is 10.5. The van der Waals surface area contributed by atoms with Crippen LogP contribution in [0.5, 0.6) is 0 Å². The molecule has 0 saturated carbocycles. The van der Waals surface area contributed by atoms with Gasteiger partial charge in [0.1, 0.15) is 5.69 Å². The summed E-state index contributed by atoms with van der Waals surface area (Å²) < 4.78 is 25.8. The van der Waals surface area contributed by atoms with E-state index < -0.39 is 10.0 Å². The summed E-state index contributed by atoms with van der Waals surface area (Å²) in [6, 6.07) is 12.6. The van der Waals surface area contributed by atoms with E-state index in [1.807, 2.05) is 0 Å². The Morgan fingerprint density at radius 2 is 1.86 bits per heavy atom. The van der Waals surface area contributed by atoms with Crippen LogP contribution in [0.1, 0.15) is 5.56 Å². The maximum atomic E-state index is 11.5. The highest BCUT2D eigenvalue weighted by molar-refractivity contribution is 7.90. The van der Waals surface area contributed by atoms with Gasteiger partial charge in [-0.2, -0.15) is 0 Å². The maximum Gasteiger partial charge on any atom is 0.264 e. The van der Waals surface area contributed by atoms with Crippen LogP contribution in [0.2, 0.25) is 0 Å². The SMILES string of the molecule is [N-]=[N+]=NS(=O)(=O)c1ccc(CNc2cccc(N=O)c2)cc1. The minimum Gasteiger partial charge on any atom is -0.381 e. The Morgan fingerprint density at radius 1 is 1.14 bits per heavy atom. The molecule has 0 fully saturated rings. The van der Waals surface area contributed by atoms with E-state index >= 15 is 0 Å². The molecule has 0 unspecified atom stereocenters. The van der Waals surface area contributed by atoms with E-state index in [0.29, 0.717) is 12.2 Å². The average molecular weight is 317 g/mol. The average Bonchev–Trinajstić information content (AvgIpc) is 2.53. The molecule has 0 aliphatic rings. The zero-order chi connectivity index (χ0) is 16.0. The third-order valence-corrected chi connectivity index (χ3v) is 3.97. The van der Waals surface area contributed by atoms with Crippen LogP contribution in [0.15, 0.2) is 63.1 Å². The Bertz CT molecular complexity index is 827. The number of hydrogen-bond acceptors (Lipinski definition) is 5. The van der Waals surface area contributed by atoms with Crippen molar-refractivity contribution in [3.63, 3.8) is 0 Å². The number of nitroso groups, excluding NO2 is 1. The first-order valence-electron chi connectivity index (χ1n) is 6.13. The molecule has 0 aliphatic carbocycles. The monoisotopic (exact) mass is 317 g/mol. The molecule has 1 N–H and O–H groups in total. The van der Waals surface area contributed by atoms with Crippen molar-refractivity contribution in [1.29, 1.82) is 0 Å². The van der Waals surface area contributed by atoms with E-state index in [4.69, 9.17) is 5.53 Å². The number of anilines is 1. The van der Waals surface area contributed by atoms with Crippen molar-refractivity contribution in [3.8, 4) is 0 Å². The van der Waals surface area contributed by atoms with Crippen molar-refractivity contribution >= 4 is 21.4 Å². The van der Waals surface area contributed by atoms with Gasteiger partial charge in [-0.1, -0.05) is 18.2 Å². The molecule has 0 amide bonds. The van der Waals surface area contributed by atoms with Gasteiger partial charge < -0.3 is 5.32 Å². The molecule has 0 saturated heterocycles. The third-order valence-electron chi connectivity index (χ3n) is 2.81. The highest BCUT2D eigenvalue weighted by Gasteiger charge is 2.11. The molecule has 112 valence electrons. The number of benzene rings is 2. The molecule has 2 aromatic carbocycles. The van der Waals surface area contributed by atoms with Crippen LogP contribution in [0.25, 0.3) is 10.4 Å². The first-order valence-corrected chi connectivity index (χ1v) is 7.57. The minimum absolute atomic E-state index is 0.0683. The molecule has 9 heteroatoms. The molecule has 0 aromatic heterocycles. The van der Waals surface area contributed by atoms with E-state index in [9.17, 15) is 13.3 Å². The molecule has 2 rings (SSSR count). The van der Waals surface area contributed by atoms with Crippen LogP contribution < -0.4 is 5.32 Å². The second-order valence-electron chi connectivity index (χ2n) is 4.29. The highest BCUT2D eigenvalue weighted by atomic mass is 32.2. The Labute approximate surface area is 126 Å². The molecule has 22 heavy (non-hydrogen) atoms. The fraction of sp³-hybridized carbons (Fsp3) is 0.0769. The van der Waals surface area contributed by atoms with Crippen molar-refractivity contribution < 1.29 is 8.42 Å². The smallest absolute Gasteiger partial charge is 0.264 e. The zero-order valence-electron chi connectivity index (χ0n) is 11.2. The summed E-state index contributed by atoms with van der Waals surface area (Å²) in [7, 11) is -3.96. The van der Waals surface area contributed by atoms with Crippen molar-refractivity contribution in [3.05, 3.63) is 69.4 Å². The fourth-order valence-electron chi connectivity index (χ4n) is 1.75. The van der Waals surface area contributed by atoms with Crippen LogP contribution in [0.3, 0.4) is 0 Å². The fourth-order valence-corrected chi connectivity index (χ4v) is 2.42. The highest BCUT2D eigenvalue weighted by Crippen LogP contribution is 2.19. The molecule has 0 heterocycles. The van der Waals surface area contributed by atoms with E-state index in [-0.39, 0.29) is 4.90 Å². The Morgan fingerprint density at radius 3 is 2.50 bits per heavy atom. The van der Waals surface area contributed by atoms with Gasteiger partial charge in [0.25, 0.3) is 10.0 Å². The Kier molecular flexibility index (Phi) is 4.72. The Balaban J connectivity index is 2.08. The van der Waals surface area contributed by atoms with E-state index in [2.05, 4.69) is 19.9 Å². The van der Waals surface area contributed by atoms with Crippen LogP contribution >= 0.6 is 0 Å². The summed E-state index contributed by atoms with van der Waals surface area (Å²) in [5.41, 5.74) is 10.1. The second-order valence-corrected chi connectivity index (χ2v) is 5.87. The van der Waals surface area contributed by atoms with Crippen LogP contribution in [-0.4, -0.2) is 8.42 Å². The molecule has 8 nitrogen and oxygen atoms in total. The van der Waals surface area contributed by atoms with E-state index in [1.165, 1.54) is 12.1 Å². The quantitative estimate of drug-likeness (QED) is 0.377. The molecule has 0 spiro atoms. The summed E-state index contributed by atoms with van der Waals surface area (Å²) in [6.45, 7) is 0.435. The van der Waals surface area contributed by atoms with Crippen molar-refractivity contribution in [2.45, 2.75) is 11.4 Å². The van der Waals surface area contributed by atoms with Crippen LogP contribution in [0, 0.1) is 4.91 Å². The van der Waals surface area contributed by atoms with Gasteiger partial charge in [-0.25, -0.2) is 8.42 Å². The standard InChI is InChI=1S/C13H11N5O3S/c14-17-18-22(20,21)13-6-4-10(5-7-13)9-15-11-2-1-3-12(8-11)16-19/h1-8,15H,9H2. The summed E-state index contributed by atoms with van der Waals surface area (Å²) in [4.78, 5) is 12.7. The van der Waals surface area contributed by atoms with E-state index in [0.717, 1.165) is 11.3 Å². The van der Waals surface area contributed by atoms with Gasteiger partial charge in [0.15, 0.2) is 0 Å². The lowest BCUT2D eigenvalue weighted by Crippen LogP contribution is -2.00. The predicted octanol–water partition coefficient (Wildman–Crippen LogP) is 3.70. The third kappa shape index (κ3) is 3.81. The van der Waals surface area contributed by atoms with Gasteiger partial charge in [-0.05, 0) is 46.6 Å². The van der Waals surface area contributed by atoms with Crippen molar-refractivity contribution in [2.24, 2.45) is 9.70 Å². The van der Waals surface area contributed by atoms with Crippen LogP contribution in [0.4, 0.5) is 11.4 Å². The molecule has 0 radical (unpaired) electrons. The lowest BCUT2D eigenvalue weighted by Gasteiger charge is -2.07. The van der Waals surface area contributed by atoms with Gasteiger partial charge in [0.05, 0.1) is 4.90 Å². The van der Waals surface area contributed by atoms with Crippen LogP contribution in [-0.2, 0) is 16.6 Å². The van der Waals surface area contributed by atoms with Gasteiger partial charge in [-0.15, -0.1) is 4.91 Å². The Hall–Kier alpha value is -2.90. The predicted molar refractivity (Wildman–Crippen MR) is 82.0 cm³/mol.